The van der Waals surface area contributed by atoms with Crippen molar-refractivity contribution >= 4 is 5.69 Å². The second-order valence-electron chi connectivity index (χ2n) is 4.54. The third-order valence-corrected chi connectivity index (χ3v) is 3.35. The predicted octanol–water partition coefficient (Wildman–Crippen LogP) is 1.19. The van der Waals surface area contributed by atoms with E-state index >= 15 is 0 Å². The van der Waals surface area contributed by atoms with Gasteiger partial charge >= 0.3 is 0 Å². The summed E-state index contributed by atoms with van der Waals surface area (Å²) >= 11 is 0. The Morgan fingerprint density at radius 1 is 1.22 bits per heavy atom. The molecular formula is C14H15N3O. The lowest BCUT2D eigenvalue weighted by Crippen LogP contribution is -2.33. The van der Waals surface area contributed by atoms with E-state index in [1.54, 1.807) is 6.07 Å². The Labute approximate surface area is 105 Å². The van der Waals surface area contributed by atoms with Crippen LogP contribution in [0.25, 0.3) is 0 Å². The maximum atomic E-state index is 11.5. The quantitative estimate of drug-likeness (QED) is 0.702. The zero-order chi connectivity index (χ0) is 12.5. The summed E-state index contributed by atoms with van der Waals surface area (Å²) < 4.78 is 0. The van der Waals surface area contributed by atoms with Crippen LogP contribution in [0.2, 0.25) is 0 Å². The van der Waals surface area contributed by atoms with Crippen LogP contribution >= 0.6 is 0 Å². The van der Waals surface area contributed by atoms with Gasteiger partial charge in [-0.15, -0.1) is 0 Å². The topological polar surface area (TPSA) is 70.9 Å². The second kappa shape index (κ2) is 4.31. The first-order chi connectivity index (χ1) is 8.75. The predicted molar refractivity (Wildman–Crippen MR) is 71.5 cm³/mol. The van der Waals surface area contributed by atoms with Crippen molar-refractivity contribution in [2.24, 2.45) is 0 Å². The molecule has 0 fully saturated rings. The molecule has 2 aromatic rings. The molecule has 1 aromatic heterocycles. The highest BCUT2D eigenvalue weighted by molar-refractivity contribution is 5.45. The van der Waals surface area contributed by atoms with E-state index in [-0.39, 0.29) is 17.3 Å². The fourth-order valence-electron chi connectivity index (χ4n) is 2.46. The van der Waals surface area contributed by atoms with Gasteiger partial charge in [0.05, 0.1) is 11.7 Å². The van der Waals surface area contributed by atoms with Crippen molar-refractivity contribution in [3.63, 3.8) is 0 Å². The van der Waals surface area contributed by atoms with Crippen LogP contribution in [-0.2, 0) is 6.42 Å². The van der Waals surface area contributed by atoms with Gasteiger partial charge in [0.25, 0.3) is 5.56 Å². The number of hydrogen-bond acceptors (Lipinski definition) is 3. The first-order valence-electron chi connectivity index (χ1n) is 6.05. The summed E-state index contributed by atoms with van der Waals surface area (Å²) in [6.07, 6.45) is 0.828. The van der Waals surface area contributed by atoms with E-state index < -0.39 is 0 Å². The monoisotopic (exact) mass is 241 g/mol. The molecule has 4 N–H and O–H groups in total. The molecular weight excluding hydrogens is 226 g/mol. The molecule has 1 aromatic carbocycles. The standard InChI is InChI=1S/C14H15N3O/c15-11-8-10-12(17-14(11)18)6-7-16-13(10)9-4-2-1-3-5-9/h1-5,8,13,16H,6-7,15H2,(H,17,18). The molecule has 4 nitrogen and oxygen atoms in total. The summed E-state index contributed by atoms with van der Waals surface area (Å²) in [4.78, 5) is 14.4. The molecule has 0 radical (unpaired) electrons. The van der Waals surface area contributed by atoms with Crippen LogP contribution in [-0.4, -0.2) is 11.5 Å². The van der Waals surface area contributed by atoms with E-state index in [2.05, 4.69) is 22.4 Å². The Morgan fingerprint density at radius 3 is 2.78 bits per heavy atom. The summed E-state index contributed by atoms with van der Waals surface area (Å²) in [7, 11) is 0. The molecule has 18 heavy (non-hydrogen) atoms. The second-order valence-corrected chi connectivity index (χ2v) is 4.54. The van der Waals surface area contributed by atoms with Gasteiger partial charge in [0.1, 0.15) is 0 Å². The number of aromatic nitrogens is 1. The minimum absolute atomic E-state index is 0.106. The first kappa shape index (κ1) is 11.0. The Balaban J connectivity index is 2.12. The molecule has 0 aliphatic carbocycles. The molecule has 1 atom stereocenters. The Morgan fingerprint density at radius 2 is 2.00 bits per heavy atom. The number of aromatic amines is 1. The van der Waals surface area contributed by atoms with Crippen molar-refractivity contribution in [2.45, 2.75) is 12.5 Å². The van der Waals surface area contributed by atoms with Crippen LogP contribution in [0.5, 0.6) is 0 Å². The van der Waals surface area contributed by atoms with Gasteiger partial charge in [-0.2, -0.15) is 0 Å². The zero-order valence-corrected chi connectivity index (χ0v) is 9.94. The largest absolute Gasteiger partial charge is 0.394 e. The number of pyridine rings is 1. The number of benzene rings is 1. The molecule has 1 unspecified atom stereocenters. The molecule has 1 aliphatic heterocycles. The molecule has 0 amide bonds. The van der Waals surface area contributed by atoms with E-state index in [1.807, 2.05) is 18.2 Å². The van der Waals surface area contributed by atoms with Crippen LogP contribution < -0.4 is 16.6 Å². The van der Waals surface area contributed by atoms with Gasteiger partial charge in [-0.3, -0.25) is 4.79 Å². The number of nitrogen functional groups attached to an aromatic ring is 1. The van der Waals surface area contributed by atoms with Crippen LogP contribution in [0.4, 0.5) is 5.69 Å². The van der Waals surface area contributed by atoms with Crippen molar-refractivity contribution in [1.82, 2.24) is 10.3 Å². The van der Waals surface area contributed by atoms with E-state index in [9.17, 15) is 4.79 Å². The van der Waals surface area contributed by atoms with Crippen molar-refractivity contribution < 1.29 is 0 Å². The minimum atomic E-state index is -0.192. The fraction of sp³-hybridized carbons (Fsp3) is 0.214. The lowest BCUT2D eigenvalue weighted by atomic mass is 9.93. The average molecular weight is 241 g/mol. The van der Waals surface area contributed by atoms with E-state index in [4.69, 9.17) is 5.73 Å². The van der Waals surface area contributed by atoms with Gasteiger partial charge in [-0.25, -0.2) is 0 Å². The molecule has 4 heteroatoms. The van der Waals surface area contributed by atoms with Crippen molar-refractivity contribution in [3.8, 4) is 0 Å². The molecule has 0 spiro atoms. The first-order valence-corrected chi connectivity index (χ1v) is 6.05. The third kappa shape index (κ3) is 1.80. The molecule has 0 bridgehead atoms. The molecule has 0 saturated carbocycles. The van der Waals surface area contributed by atoms with Crippen molar-refractivity contribution in [1.29, 1.82) is 0 Å². The van der Waals surface area contributed by atoms with Gasteiger partial charge in [0, 0.05) is 18.7 Å². The highest BCUT2D eigenvalue weighted by atomic mass is 16.1. The fourth-order valence-corrected chi connectivity index (χ4v) is 2.46. The highest BCUT2D eigenvalue weighted by Gasteiger charge is 2.22. The summed E-state index contributed by atoms with van der Waals surface area (Å²) in [6.45, 7) is 0.854. The van der Waals surface area contributed by atoms with Crippen LogP contribution in [0, 0.1) is 0 Å². The van der Waals surface area contributed by atoms with E-state index in [0.717, 1.165) is 24.2 Å². The normalized spacial score (nSPS) is 18.3. The van der Waals surface area contributed by atoms with Crippen LogP contribution in [0.15, 0.2) is 41.2 Å². The SMILES string of the molecule is Nc1cc2c([nH]c1=O)CCNC2c1ccccc1. The summed E-state index contributed by atoms with van der Waals surface area (Å²) in [5, 5.41) is 3.46. The Hall–Kier alpha value is -2.07. The number of rotatable bonds is 1. The maximum Gasteiger partial charge on any atom is 0.271 e. The molecule has 3 rings (SSSR count). The van der Waals surface area contributed by atoms with Gasteiger partial charge in [-0.1, -0.05) is 30.3 Å². The molecule has 2 heterocycles. The highest BCUT2D eigenvalue weighted by Crippen LogP contribution is 2.27. The van der Waals surface area contributed by atoms with E-state index in [1.165, 1.54) is 5.56 Å². The average Bonchev–Trinajstić information content (AvgIpc) is 2.40. The molecule has 0 saturated heterocycles. The van der Waals surface area contributed by atoms with Gasteiger partial charge in [0.2, 0.25) is 0 Å². The number of fused-ring (bicyclic) bond motifs is 1. The minimum Gasteiger partial charge on any atom is -0.394 e. The Bertz CT molecular complexity index is 619. The number of nitrogens with two attached hydrogens (primary N) is 1. The van der Waals surface area contributed by atoms with Crippen molar-refractivity contribution in [2.75, 3.05) is 12.3 Å². The smallest absolute Gasteiger partial charge is 0.271 e. The van der Waals surface area contributed by atoms with Crippen molar-refractivity contribution in [3.05, 3.63) is 63.6 Å². The van der Waals surface area contributed by atoms with Crippen LogP contribution in [0.3, 0.4) is 0 Å². The van der Waals surface area contributed by atoms with Gasteiger partial charge in [0.15, 0.2) is 0 Å². The van der Waals surface area contributed by atoms with Gasteiger partial charge < -0.3 is 16.0 Å². The molecule has 92 valence electrons. The number of anilines is 1. The zero-order valence-electron chi connectivity index (χ0n) is 9.94. The molecule has 1 aliphatic rings. The van der Waals surface area contributed by atoms with E-state index in [0.29, 0.717) is 0 Å². The third-order valence-electron chi connectivity index (χ3n) is 3.35. The number of H-pyrrole nitrogens is 1. The number of hydrogen-bond donors (Lipinski definition) is 3. The van der Waals surface area contributed by atoms with Gasteiger partial charge in [-0.05, 0) is 17.2 Å². The Kier molecular flexibility index (Phi) is 2.64. The lowest BCUT2D eigenvalue weighted by molar-refractivity contribution is 0.557. The summed E-state index contributed by atoms with van der Waals surface area (Å²) in [6, 6.07) is 12.1. The summed E-state index contributed by atoms with van der Waals surface area (Å²) in [5.41, 5.74) is 9.04. The summed E-state index contributed by atoms with van der Waals surface area (Å²) in [5.74, 6) is 0. The van der Waals surface area contributed by atoms with Crippen LogP contribution in [0.1, 0.15) is 22.9 Å². The number of nitrogens with one attached hydrogen (secondary N) is 2. The lowest BCUT2D eigenvalue weighted by Gasteiger charge is -2.27. The maximum absolute atomic E-state index is 11.5.